The fourth-order valence-corrected chi connectivity index (χ4v) is 2.94. The van der Waals surface area contributed by atoms with Gasteiger partial charge in [-0.1, -0.05) is 30.3 Å². The Balaban J connectivity index is 1.40. The minimum Gasteiger partial charge on any atom is -0.490 e. The summed E-state index contributed by atoms with van der Waals surface area (Å²) in [6.45, 7) is 2.97. The molecule has 0 bridgehead atoms. The van der Waals surface area contributed by atoms with Crippen molar-refractivity contribution < 1.29 is 9.47 Å². The number of hydrogen-bond donors (Lipinski definition) is 0. The first-order valence-electron chi connectivity index (χ1n) is 8.47. The van der Waals surface area contributed by atoms with Crippen molar-refractivity contribution in [2.24, 2.45) is 0 Å². The maximum absolute atomic E-state index is 5.80. The number of para-hydroxylation sites is 2. The van der Waals surface area contributed by atoms with Crippen LogP contribution in [0.4, 0.5) is 5.69 Å². The molecule has 0 N–H and O–H groups in total. The molecule has 0 saturated carbocycles. The molecule has 25 heavy (non-hydrogen) atoms. The second-order valence-electron chi connectivity index (χ2n) is 5.99. The van der Waals surface area contributed by atoms with Crippen molar-refractivity contribution >= 4 is 5.69 Å². The summed E-state index contributed by atoms with van der Waals surface area (Å²) >= 11 is 0. The number of anilines is 1. The number of aromatic nitrogens is 1. The smallest absolute Gasteiger partial charge is 0.142 e. The summed E-state index contributed by atoms with van der Waals surface area (Å²) in [7, 11) is 0. The molecule has 126 valence electrons. The number of rotatable bonds is 5. The Morgan fingerprint density at radius 2 is 1.80 bits per heavy atom. The van der Waals surface area contributed by atoms with E-state index in [1.807, 2.05) is 42.5 Å². The van der Waals surface area contributed by atoms with Gasteiger partial charge in [-0.3, -0.25) is 4.98 Å². The topological polar surface area (TPSA) is 34.6 Å². The Bertz CT molecular complexity index is 819. The lowest BCUT2D eigenvalue weighted by Gasteiger charge is -2.31. The Kier molecular flexibility index (Phi) is 4.51. The SMILES string of the molecule is c1ccc(COc2ccc(CN3CCOc4ccccc43)cc2)nc1. The summed E-state index contributed by atoms with van der Waals surface area (Å²) in [5.41, 5.74) is 3.34. The fraction of sp³-hybridized carbons (Fsp3) is 0.190. The number of nitrogens with zero attached hydrogens (tertiary/aromatic N) is 2. The second-order valence-corrected chi connectivity index (χ2v) is 5.99. The third-order valence-electron chi connectivity index (χ3n) is 4.23. The Morgan fingerprint density at radius 3 is 2.64 bits per heavy atom. The van der Waals surface area contributed by atoms with Crippen LogP contribution in [-0.4, -0.2) is 18.1 Å². The standard InChI is InChI=1S/C21H20N2O2/c1-2-7-21-20(6-1)23(13-14-24-21)15-17-8-10-19(11-9-17)25-16-18-5-3-4-12-22-18/h1-12H,13-16H2. The Labute approximate surface area is 147 Å². The maximum atomic E-state index is 5.80. The second kappa shape index (κ2) is 7.26. The highest BCUT2D eigenvalue weighted by Crippen LogP contribution is 2.32. The summed E-state index contributed by atoms with van der Waals surface area (Å²) in [5, 5.41) is 0. The van der Waals surface area contributed by atoms with Crippen LogP contribution in [0.15, 0.2) is 72.9 Å². The van der Waals surface area contributed by atoms with Gasteiger partial charge in [0.2, 0.25) is 0 Å². The Morgan fingerprint density at radius 1 is 0.960 bits per heavy atom. The average Bonchev–Trinajstić information content (AvgIpc) is 2.69. The molecule has 0 aliphatic carbocycles. The number of benzene rings is 2. The van der Waals surface area contributed by atoms with E-state index in [2.05, 4.69) is 34.1 Å². The van der Waals surface area contributed by atoms with Crippen LogP contribution in [0.1, 0.15) is 11.3 Å². The summed E-state index contributed by atoms with van der Waals surface area (Å²) in [5.74, 6) is 1.82. The lowest BCUT2D eigenvalue weighted by atomic mass is 10.1. The van der Waals surface area contributed by atoms with Gasteiger partial charge in [0, 0.05) is 12.7 Å². The third-order valence-corrected chi connectivity index (χ3v) is 4.23. The van der Waals surface area contributed by atoms with Crippen LogP contribution < -0.4 is 14.4 Å². The predicted octanol–water partition coefficient (Wildman–Crippen LogP) is 4.06. The van der Waals surface area contributed by atoms with Gasteiger partial charge in [-0.25, -0.2) is 0 Å². The van der Waals surface area contributed by atoms with Gasteiger partial charge >= 0.3 is 0 Å². The zero-order valence-electron chi connectivity index (χ0n) is 14.0. The first-order valence-corrected chi connectivity index (χ1v) is 8.47. The van der Waals surface area contributed by atoms with Crippen LogP contribution in [0.2, 0.25) is 0 Å². The molecule has 4 nitrogen and oxygen atoms in total. The van der Waals surface area contributed by atoms with Crippen molar-refractivity contribution in [2.45, 2.75) is 13.2 Å². The van der Waals surface area contributed by atoms with Gasteiger partial charge in [0.15, 0.2) is 0 Å². The average molecular weight is 332 g/mol. The maximum Gasteiger partial charge on any atom is 0.142 e. The minimum absolute atomic E-state index is 0.483. The number of fused-ring (bicyclic) bond motifs is 1. The van der Waals surface area contributed by atoms with Crippen molar-refractivity contribution in [3.8, 4) is 11.5 Å². The zero-order chi connectivity index (χ0) is 16.9. The highest BCUT2D eigenvalue weighted by Gasteiger charge is 2.17. The molecule has 3 aromatic rings. The molecular weight excluding hydrogens is 312 g/mol. The fourth-order valence-electron chi connectivity index (χ4n) is 2.94. The molecule has 2 aromatic carbocycles. The molecule has 0 unspecified atom stereocenters. The van der Waals surface area contributed by atoms with Gasteiger partial charge in [-0.2, -0.15) is 0 Å². The van der Waals surface area contributed by atoms with Crippen LogP contribution in [0.3, 0.4) is 0 Å². The molecule has 4 rings (SSSR count). The van der Waals surface area contributed by atoms with Gasteiger partial charge in [-0.05, 0) is 42.0 Å². The third kappa shape index (κ3) is 3.74. The molecule has 0 amide bonds. The number of ether oxygens (including phenoxy) is 2. The predicted molar refractivity (Wildman–Crippen MR) is 98.0 cm³/mol. The molecule has 0 radical (unpaired) electrons. The quantitative estimate of drug-likeness (QED) is 0.706. The molecule has 1 aliphatic heterocycles. The van der Waals surface area contributed by atoms with Gasteiger partial charge in [0.25, 0.3) is 0 Å². The summed E-state index contributed by atoms with van der Waals surface area (Å²) in [6.07, 6.45) is 1.78. The van der Waals surface area contributed by atoms with E-state index in [1.54, 1.807) is 6.20 Å². The summed E-state index contributed by atoms with van der Waals surface area (Å²) in [4.78, 5) is 6.62. The van der Waals surface area contributed by atoms with E-state index in [1.165, 1.54) is 5.56 Å². The van der Waals surface area contributed by atoms with E-state index in [9.17, 15) is 0 Å². The molecule has 0 fully saturated rings. The van der Waals surface area contributed by atoms with Gasteiger partial charge in [0.1, 0.15) is 24.7 Å². The molecule has 2 heterocycles. The van der Waals surface area contributed by atoms with Crippen molar-refractivity contribution in [3.63, 3.8) is 0 Å². The van der Waals surface area contributed by atoms with E-state index in [0.29, 0.717) is 6.61 Å². The van der Waals surface area contributed by atoms with E-state index in [0.717, 1.165) is 42.6 Å². The van der Waals surface area contributed by atoms with E-state index in [-0.39, 0.29) is 0 Å². The summed E-state index contributed by atoms with van der Waals surface area (Å²) < 4.78 is 11.5. The summed E-state index contributed by atoms with van der Waals surface area (Å²) in [6, 6.07) is 22.3. The molecule has 1 aliphatic rings. The molecule has 0 atom stereocenters. The van der Waals surface area contributed by atoms with Crippen LogP contribution in [0, 0.1) is 0 Å². The molecule has 1 aromatic heterocycles. The van der Waals surface area contributed by atoms with E-state index >= 15 is 0 Å². The monoisotopic (exact) mass is 332 g/mol. The lowest BCUT2D eigenvalue weighted by Crippen LogP contribution is -2.32. The van der Waals surface area contributed by atoms with E-state index < -0.39 is 0 Å². The van der Waals surface area contributed by atoms with Gasteiger partial charge < -0.3 is 14.4 Å². The van der Waals surface area contributed by atoms with Crippen molar-refractivity contribution in [2.75, 3.05) is 18.1 Å². The highest BCUT2D eigenvalue weighted by molar-refractivity contribution is 5.59. The van der Waals surface area contributed by atoms with Crippen molar-refractivity contribution in [1.29, 1.82) is 0 Å². The Hall–Kier alpha value is -3.01. The normalized spacial score (nSPS) is 13.0. The number of hydrogen-bond acceptors (Lipinski definition) is 4. The minimum atomic E-state index is 0.483. The zero-order valence-corrected chi connectivity index (χ0v) is 14.0. The molecule has 0 saturated heterocycles. The van der Waals surface area contributed by atoms with E-state index in [4.69, 9.17) is 9.47 Å². The van der Waals surface area contributed by atoms with Gasteiger partial charge in [0.05, 0.1) is 17.9 Å². The van der Waals surface area contributed by atoms with Crippen LogP contribution in [0.25, 0.3) is 0 Å². The van der Waals surface area contributed by atoms with Crippen molar-refractivity contribution in [3.05, 3.63) is 84.2 Å². The van der Waals surface area contributed by atoms with Crippen LogP contribution >= 0.6 is 0 Å². The first-order chi connectivity index (χ1) is 12.4. The first kappa shape index (κ1) is 15.5. The highest BCUT2D eigenvalue weighted by atomic mass is 16.5. The number of pyridine rings is 1. The van der Waals surface area contributed by atoms with Crippen LogP contribution in [-0.2, 0) is 13.2 Å². The molecule has 0 spiro atoms. The molecule has 4 heteroatoms. The van der Waals surface area contributed by atoms with Crippen molar-refractivity contribution in [1.82, 2.24) is 4.98 Å². The lowest BCUT2D eigenvalue weighted by molar-refractivity contribution is 0.301. The largest absolute Gasteiger partial charge is 0.490 e. The van der Waals surface area contributed by atoms with Gasteiger partial charge in [-0.15, -0.1) is 0 Å². The van der Waals surface area contributed by atoms with Crippen LogP contribution in [0.5, 0.6) is 11.5 Å². The molecular formula is C21H20N2O2.